The summed E-state index contributed by atoms with van der Waals surface area (Å²) in [7, 11) is 3.19. The Labute approximate surface area is 117 Å². The van der Waals surface area contributed by atoms with Gasteiger partial charge in [-0.2, -0.15) is 9.97 Å². The SMILES string of the molecule is CCN(CC)c1nc(N(C)OC)n(CCCl)c(=O)n1. The first-order chi connectivity index (χ1) is 9.08. The van der Waals surface area contributed by atoms with Crippen molar-refractivity contribution in [2.45, 2.75) is 20.4 Å². The molecule has 8 heteroatoms. The molecular formula is C11H20ClN5O2. The first-order valence-corrected chi connectivity index (χ1v) is 6.70. The number of hydrogen-bond acceptors (Lipinski definition) is 6. The van der Waals surface area contributed by atoms with Gasteiger partial charge in [-0.25, -0.2) is 9.86 Å². The van der Waals surface area contributed by atoms with E-state index in [0.29, 0.717) is 24.3 Å². The predicted molar refractivity (Wildman–Crippen MR) is 76.0 cm³/mol. The Kier molecular flexibility index (Phi) is 6.04. The van der Waals surface area contributed by atoms with Crippen LogP contribution in [0.5, 0.6) is 0 Å². The van der Waals surface area contributed by atoms with E-state index in [9.17, 15) is 4.79 Å². The summed E-state index contributed by atoms with van der Waals surface area (Å²) >= 11 is 5.70. The van der Waals surface area contributed by atoms with Crippen LogP contribution in [0.3, 0.4) is 0 Å². The van der Waals surface area contributed by atoms with Crippen LogP contribution in [0.15, 0.2) is 4.79 Å². The minimum atomic E-state index is -0.378. The van der Waals surface area contributed by atoms with E-state index in [1.54, 1.807) is 7.05 Å². The Bertz CT molecular complexity index is 461. The predicted octanol–water partition coefficient (Wildman–Crippen LogP) is 0.721. The smallest absolute Gasteiger partial charge is 0.341 e. The first kappa shape index (κ1) is 15.7. The Morgan fingerprint density at radius 1 is 1.32 bits per heavy atom. The van der Waals surface area contributed by atoms with E-state index in [0.717, 1.165) is 13.1 Å². The molecule has 108 valence electrons. The molecule has 0 fully saturated rings. The van der Waals surface area contributed by atoms with Gasteiger partial charge in [0.15, 0.2) is 0 Å². The van der Waals surface area contributed by atoms with Crippen LogP contribution in [-0.4, -0.2) is 47.7 Å². The topological polar surface area (TPSA) is 63.5 Å². The third-order valence-electron chi connectivity index (χ3n) is 2.78. The monoisotopic (exact) mass is 289 g/mol. The van der Waals surface area contributed by atoms with Gasteiger partial charge in [0.05, 0.1) is 7.11 Å². The zero-order valence-electron chi connectivity index (χ0n) is 11.8. The van der Waals surface area contributed by atoms with Gasteiger partial charge in [0.2, 0.25) is 11.9 Å². The van der Waals surface area contributed by atoms with Crippen molar-refractivity contribution in [2.24, 2.45) is 0 Å². The zero-order valence-corrected chi connectivity index (χ0v) is 12.5. The molecule has 0 saturated heterocycles. The number of rotatable bonds is 7. The summed E-state index contributed by atoms with van der Waals surface area (Å²) in [6.45, 7) is 5.76. The summed E-state index contributed by atoms with van der Waals surface area (Å²) in [4.78, 5) is 27.4. The van der Waals surface area contributed by atoms with E-state index in [4.69, 9.17) is 16.4 Å². The lowest BCUT2D eigenvalue weighted by molar-refractivity contribution is 0.176. The summed E-state index contributed by atoms with van der Waals surface area (Å²) in [5.74, 6) is 1.10. The Hall–Kier alpha value is -1.34. The zero-order chi connectivity index (χ0) is 14.4. The molecule has 0 aliphatic heterocycles. The average molecular weight is 290 g/mol. The average Bonchev–Trinajstić information content (AvgIpc) is 2.42. The molecule has 19 heavy (non-hydrogen) atoms. The molecule has 0 atom stereocenters. The van der Waals surface area contributed by atoms with Crippen LogP contribution in [0, 0.1) is 0 Å². The van der Waals surface area contributed by atoms with E-state index in [2.05, 4.69) is 9.97 Å². The van der Waals surface area contributed by atoms with Crippen LogP contribution in [0.25, 0.3) is 0 Å². The van der Waals surface area contributed by atoms with Crippen molar-refractivity contribution in [3.05, 3.63) is 10.5 Å². The molecule has 0 saturated carbocycles. The molecule has 0 spiro atoms. The largest absolute Gasteiger partial charge is 0.353 e. The number of anilines is 2. The maximum Gasteiger partial charge on any atom is 0.353 e. The number of nitrogens with zero attached hydrogens (tertiary/aromatic N) is 5. The third kappa shape index (κ3) is 3.57. The van der Waals surface area contributed by atoms with E-state index in [1.807, 2.05) is 18.7 Å². The van der Waals surface area contributed by atoms with Crippen LogP contribution in [0.2, 0.25) is 0 Å². The second-order valence-electron chi connectivity index (χ2n) is 3.80. The van der Waals surface area contributed by atoms with Gasteiger partial charge < -0.3 is 4.90 Å². The molecular weight excluding hydrogens is 270 g/mol. The van der Waals surface area contributed by atoms with Gasteiger partial charge in [-0.3, -0.25) is 9.40 Å². The molecule has 7 nitrogen and oxygen atoms in total. The van der Waals surface area contributed by atoms with Gasteiger partial charge in [0.25, 0.3) is 0 Å². The van der Waals surface area contributed by atoms with Crippen molar-refractivity contribution in [2.75, 3.05) is 43.1 Å². The summed E-state index contributed by atoms with van der Waals surface area (Å²) in [5, 5.41) is 1.42. The second kappa shape index (κ2) is 7.30. The van der Waals surface area contributed by atoms with Crippen LogP contribution < -0.4 is 15.7 Å². The van der Waals surface area contributed by atoms with Crippen LogP contribution >= 0.6 is 11.6 Å². The molecule has 1 rings (SSSR count). The van der Waals surface area contributed by atoms with Gasteiger partial charge in [0.1, 0.15) is 0 Å². The number of alkyl halides is 1. The Balaban J connectivity index is 3.33. The lowest BCUT2D eigenvalue weighted by Gasteiger charge is -2.23. The fourth-order valence-corrected chi connectivity index (χ4v) is 1.83. The highest BCUT2D eigenvalue weighted by Crippen LogP contribution is 2.12. The molecule has 0 radical (unpaired) electrons. The highest BCUT2D eigenvalue weighted by Gasteiger charge is 2.16. The Morgan fingerprint density at radius 2 is 1.95 bits per heavy atom. The van der Waals surface area contributed by atoms with Gasteiger partial charge in [-0.15, -0.1) is 11.6 Å². The van der Waals surface area contributed by atoms with E-state index in [1.165, 1.54) is 16.7 Å². The van der Waals surface area contributed by atoms with Crippen molar-refractivity contribution in [1.82, 2.24) is 14.5 Å². The van der Waals surface area contributed by atoms with E-state index < -0.39 is 0 Å². The molecule has 1 aromatic heterocycles. The lowest BCUT2D eigenvalue weighted by Crippen LogP contribution is -2.35. The molecule has 0 amide bonds. The fourth-order valence-electron chi connectivity index (χ4n) is 1.66. The van der Waals surface area contributed by atoms with Crippen molar-refractivity contribution < 1.29 is 4.84 Å². The summed E-state index contributed by atoms with van der Waals surface area (Å²) in [6, 6.07) is 0. The molecule has 0 aliphatic carbocycles. The Morgan fingerprint density at radius 3 is 2.42 bits per heavy atom. The fraction of sp³-hybridized carbons (Fsp3) is 0.727. The lowest BCUT2D eigenvalue weighted by atomic mass is 10.5. The van der Waals surface area contributed by atoms with Crippen molar-refractivity contribution in [3.63, 3.8) is 0 Å². The normalized spacial score (nSPS) is 10.6. The van der Waals surface area contributed by atoms with Crippen molar-refractivity contribution in [1.29, 1.82) is 0 Å². The molecule has 0 N–H and O–H groups in total. The van der Waals surface area contributed by atoms with Crippen LogP contribution in [0.4, 0.5) is 11.9 Å². The van der Waals surface area contributed by atoms with Crippen LogP contribution in [0.1, 0.15) is 13.8 Å². The number of halogens is 1. The van der Waals surface area contributed by atoms with Gasteiger partial charge in [-0.05, 0) is 13.8 Å². The summed E-state index contributed by atoms with van der Waals surface area (Å²) in [6.07, 6.45) is 0. The van der Waals surface area contributed by atoms with Crippen molar-refractivity contribution >= 4 is 23.5 Å². The standard InChI is InChI=1S/C11H20ClN5O2/c1-5-16(6-2)9-13-10(15(3)19-4)17(8-7-12)11(18)14-9/h5-8H2,1-4H3. The molecule has 0 aliphatic rings. The minimum Gasteiger partial charge on any atom is -0.341 e. The van der Waals surface area contributed by atoms with Gasteiger partial charge in [-0.1, -0.05) is 0 Å². The second-order valence-corrected chi connectivity index (χ2v) is 4.18. The third-order valence-corrected chi connectivity index (χ3v) is 2.95. The minimum absolute atomic E-state index is 0.304. The highest BCUT2D eigenvalue weighted by molar-refractivity contribution is 6.17. The maximum atomic E-state index is 12.1. The molecule has 1 aromatic rings. The highest BCUT2D eigenvalue weighted by atomic mass is 35.5. The molecule has 0 aromatic carbocycles. The number of aromatic nitrogens is 3. The summed E-state index contributed by atoms with van der Waals surface area (Å²) < 4.78 is 1.39. The molecule has 0 bridgehead atoms. The quantitative estimate of drug-likeness (QED) is 0.544. The maximum absolute atomic E-state index is 12.1. The molecule has 0 unspecified atom stereocenters. The van der Waals surface area contributed by atoms with Gasteiger partial charge >= 0.3 is 5.69 Å². The molecule has 1 heterocycles. The number of hydroxylamine groups is 1. The van der Waals surface area contributed by atoms with E-state index >= 15 is 0 Å². The summed E-state index contributed by atoms with van der Waals surface area (Å²) in [5.41, 5.74) is -0.378. The van der Waals surface area contributed by atoms with E-state index in [-0.39, 0.29) is 5.69 Å². The van der Waals surface area contributed by atoms with Gasteiger partial charge in [0, 0.05) is 32.6 Å². The number of hydrogen-bond donors (Lipinski definition) is 0. The van der Waals surface area contributed by atoms with Crippen molar-refractivity contribution in [3.8, 4) is 0 Å². The van der Waals surface area contributed by atoms with Crippen LogP contribution in [-0.2, 0) is 11.4 Å². The first-order valence-electron chi connectivity index (χ1n) is 6.16.